The molecule has 0 spiro atoms. The standard InChI is InChI=1S/C24H29ClN2O3/c1-17-11-13-21(14-12-17)30-16-23(28)27(15-19-7-3-6-10-22(19)25)18(2)24(29)26-20-8-4-5-9-20/h3,6-7,10-14,18,20H,4-5,8-9,15-16H2,1-2H3,(H,26,29)/t18-/m0/s1. The van der Waals surface area contributed by atoms with Crippen LogP contribution in [-0.4, -0.2) is 35.4 Å². The highest BCUT2D eigenvalue weighted by Crippen LogP contribution is 2.21. The average molecular weight is 429 g/mol. The Balaban J connectivity index is 1.71. The van der Waals surface area contributed by atoms with Crippen molar-refractivity contribution in [3.8, 4) is 5.75 Å². The smallest absolute Gasteiger partial charge is 0.261 e. The molecule has 5 nitrogen and oxygen atoms in total. The molecule has 2 aromatic rings. The Bertz CT molecular complexity index is 863. The van der Waals surface area contributed by atoms with Crippen molar-refractivity contribution in [1.82, 2.24) is 10.2 Å². The number of amides is 2. The number of benzene rings is 2. The summed E-state index contributed by atoms with van der Waals surface area (Å²) in [6.45, 7) is 3.85. The molecule has 6 heteroatoms. The van der Waals surface area contributed by atoms with Crippen LogP contribution in [0.1, 0.15) is 43.7 Å². The minimum absolute atomic E-state index is 0.141. The normalized spacial score (nSPS) is 14.9. The lowest BCUT2D eigenvalue weighted by Gasteiger charge is -2.30. The minimum atomic E-state index is -0.629. The van der Waals surface area contributed by atoms with Crippen LogP contribution in [0.25, 0.3) is 0 Å². The number of rotatable bonds is 8. The summed E-state index contributed by atoms with van der Waals surface area (Å²) in [5, 5.41) is 3.66. The first-order valence-electron chi connectivity index (χ1n) is 10.5. The van der Waals surface area contributed by atoms with E-state index >= 15 is 0 Å². The Hall–Kier alpha value is -2.53. The maximum absolute atomic E-state index is 13.1. The zero-order chi connectivity index (χ0) is 21.5. The van der Waals surface area contributed by atoms with E-state index in [0.29, 0.717) is 10.8 Å². The lowest BCUT2D eigenvalue weighted by atomic mass is 10.1. The summed E-state index contributed by atoms with van der Waals surface area (Å²) in [7, 11) is 0. The van der Waals surface area contributed by atoms with E-state index in [0.717, 1.165) is 36.8 Å². The van der Waals surface area contributed by atoms with Gasteiger partial charge in [-0.15, -0.1) is 0 Å². The molecule has 0 unspecified atom stereocenters. The Morgan fingerprint density at radius 3 is 2.47 bits per heavy atom. The van der Waals surface area contributed by atoms with E-state index in [1.807, 2.05) is 49.4 Å². The Morgan fingerprint density at radius 1 is 1.13 bits per heavy atom. The molecule has 1 saturated carbocycles. The van der Waals surface area contributed by atoms with Crippen LogP contribution in [0.15, 0.2) is 48.5 Å². The second-order valence-electron chi connectivity index (χ2n) is 7.88. The number of ether oxygens (including phenoxy) is 1. The van der Waals surface area contributed by atoms with Gasteiger partial charge in [-0.25, -0.2) is 0 Å². The van der Waals surface area contributed by atoms with Crippen molar-refractivity contribution >= 4 is 23.4 Å². The first-order valence-corrected chi connectivity index (χ1v) is 10.8. The summed E-state index contributed by atoms with van der Waals surface area (Å²) >= 11 is 6.31. The molecule has 160 valence electrons. The van der Waals surface area contributed by atoms with Gasteiger partial charge in [0.15, 0.2) is 6.61 Å². The quantitative estimate of drug-likeness (QED) is 0.673. The van der Waals surface area contributed by atoms with E-state index in [-0.39, 0.29) is 31.0 Å². The number of carbonyl (C=O) groups excluding carboxylic acids is 2. The number of nitrogens with zero attached hydrogens (tertiary/aromatic N) is 1. The Kier molecular flexibility index (Phi) is 7.75. The fourth-order valence-corrected chi connectivity index (χ4v) is 3.84. The zero-order valence-electron chi connectivity index (χ0n) is 17.6. The molecule has 3 rings (SSSR count). The highest BCUT2D eigenvalue weighted by molar-refractivity contribution is 6.31. The molecule has 1 fully saturated rings. The molecule has 0 radical (unpaired) electrons. The average Bonchev–Trinajstić information content (AvgIpc) is 3.25. The van der Waals surface area contributed by atoms with Crippen LogP contribution in [0.2, 0.25) is 5.02 Å². The molecule has 0 saturated heterocycles. The van der Waals surface area contributed by atoms with Gasteiger partial charge in [0.1, 0.15) is 11.8 Å². The van der Waals surface area contributed by atoms with E-state index in [4.69, 9.17) is 16.3 Å². The van der Waals surface area contributed by atoms with Crippen molar-refractivity contribution in [1.29, 1.82) is 0 Å². The minimum Gasteiger partial charge on any atom is -0.484 e. The number of hydrogen-bond donors (Lipinski definition) is 1. The number of carbonyl (C=O) groups is 2. The van der Waals surface area contributed by atoms with Crippen LogP contribution >= 0.6 is 11.6 Å². The molecule has 0 aromatic heterocycles. The van der Waals surface area contributed by atoms with E-state index in [1.54, 1.807) is 17.9 Å². The molecule has 0 heterocycles. The van der Waals surface area contributed by atoms with E-state index in [2.05, 4.69) is 5.32 Å². The maximum Gasteiger partial charge on any atom is 0.261 e. The number of nitrogens with one attached hydrogen (secondary N) is 1. The van der Waals surface area contributed by atoms with Gasteiger partial charge in [0.2, 0.25) is 5.91 Å². The third kappa shape index (κ3) is 5.99. The Morgan fingerprint density at radius 2 is 1.80 bits per heavy atom. The number of aryl methyl sites for hydroxylation is 1. The number of hydrogen-bond acceptors (Lipinski definition) is 3. The molecule has 1 N–H and O–H groups in total. The second kappa shape index (κ2) is 10.5. The summed E-state index contributed by atoms with van der Waals surface area (Å²) in [5.74, 6) is 0.219. The predicted molar refractivity (Wildman–Crippen MR) is 119 cm³/mol. The third-order valence-electron chi connectivity index (χ3n) is 5.55. The number of halogens is 1. The molecule has 1 aliphatic rings. The first-order chi connectivity index (χ1) is 14.4. The summed E-state index contributed by atoms with van der Waals surface area (Å²) < 4.78 is 5.68. The van der Waals surface area contributed by atoms with Gasteiger partial charge in [-0.3, -0.25) is 9.59 Å². The molecule has 0 aliphatic heterocycles. The van der Waals surface area contributed by atoms with E-state index < -0.39 is 6.04 Å². The highest BCUT2D eigenvalue weighted by atomic mass is 35.5. The molecular weight excluding hydrogens is 400 g/mol. The lowest BCUT2D eigenvalue weighted by molar-refractivity contribution is -0.142. The van der Waals surface area contributed by atoms with Gasteiger partial charge in [-0.1, -0.05) is 60.3 Å². The van der Waals surface area contributed by atoms with Gasteiger partial charge < -0.3 is 15.0 Å². The summed E-state index contributed by atoms with van der Waals surface area (Å²) in [4.78, 5) is 27.5. The van der Waals surface area contributed by atoms with Crippen LogP contribution in [0.4, 0.5) is 0 Å². The van der Waals surface area contributed by atoms with Crippen molar-refractivity contribution in [2.24, 2.45) is 0 Å². The van der Waals surface area contributed by atoms with Crippen molar-refractivity contribution in [2.75, 3.05) is 6.61 Å². The highest BCUT2D eigenvalue weighted by Gasteiger charge is 2.29. The van der Waals surface area contributed by atoms with E-state index in [1.165, 1.54) is 0 Å². The largest absolute Gasteiger partial charge is 0.484 e. The second-order valence-corrected chi connectivity index (χ2v) is 8.29. The van der Waals surface area contributed by atoms with Gasteiger partial charge >= 0.3 is 0 Å². The lowest BCUT2D eigenvalue weighted by Crippen LogP contribution is -2.50. The van der Waals surface area contributed by atoms with Gasteiger partial charge in [-0.05, 0) is 50.5 Å². The zero-order valence-corrected chi connectivity index (χ0v) is 18.3. The maximum atomic E-state index is 13.1. The first kappa shape index (κ1) is 22.2. The van der Waals surface area contributed by atoms with Crippen LogP contribution in [0, 0.1) is 6.92 Å². The van der Waals surface area contributed by atoms with Gasteiger partial charge in [0.05, 0.1) is 0 Å². The van der Waals surface area contributed by atoms with Crippen molar-refractivity contribution in [3.63, 3.8) is 0 Å². The van der Waals surface area contributed by atoms with Gasteiger partial charge in [-0.2, -0.15) is 0 Å². The van der Waals surface area contributed by atoms with Crippen LogP contribution in [0.3, 0.4) is 0 Å². The van der Waals surface area contributed by atoms with Crippen molar-refractivity contribution in [3.05, 3.63) is 64.7 Å². The molecule has 30 heavy (non-hydrogen) atoms. The van der Waals surface area contributed by atoms with Crippen LogP contribution in [0.5, 0.6) is 5.75 Å². The topological polar surface area (TPSA) is 58.6 Å². The summed E-state index contributed by atoms with van der Waals surface area (Å²) in [6, 6.07) is 14.4. The fourth-order valence-electron chi connectivity index (χ4n) is 3.65. The molecular formula is C24H29ClN2O3. The van der Waals surface area contributed by atoms with Gasteiger partial charge in [0.25, 0.3) is 5.91 Å². The predicted octanol–water partition coefficient (Wildman–Crippen LogP) is 4.50. The third-order valence-corrected chi connectivity index (χ3v) is 5.92. The van der Waals surface area contributed by atoms with E-state index in [9.17, 15) is 9.59 Å². The van der Waals surface area contributed by atoms with Crippen LogP contribution in [-0.2, 0) is 16.1 Å². The van der Waals surface area contributed by atoms with Gasteiger partial charge in [0, 0.05) is 17.6 Å². The molecule has 1 aliphatic carbocycles. The van der Waals surface area contributed by atoms with Crippen molar-refractivity contribution < 1.29 is 14.3 Å². The Labute approximate surface area is 183 Å². The molecule has 2 amide bonds. The monoisotopic (exact) mass is 428 g/mol. The molecule has 1 atom stereocenters. The molecule has 2 aromatic carbocycles. The van der Waals surface area contributed by atoms with Crippen LogP contribution < -0.4 is 10.1 Å². The SMILES string of the molecule is Cc1ccc(OCC(=O)N(Cc2ccccc2Cl)[C@@H](C)C(=O)NC2CCCC2)cc1. The fraction of sp³-hybridized carbons (Fsp3) is 0.417. The summed E-state index contributed by atoms with van der Waals surface area (Å²) in [5.41, 5.74) is 1.91. The summed E-state index contributed by atoms with van der Waals surface area (Å²) in [6.07, 6.45) is 4.25. The molecule has 0 bridgehead atoms. The van der Waals surface area contributed by atoms with Crippen molar-refractivity contribution in [2.45, 2.75) is 58.2 Å².